The highest BCUT2D eigenvalue weighted by Gasteiger charge is 2.26. The number of hydrogen-bond acceptors (Lipinski definition) is 2. The van der Waals surface area contributed by atoms with Gasteiger partial charge in [0.1, 0.15) is 0 Å². The van der Waals surface area contributed by atoms with Crippen LogP contribution >= 0.6 is 0 Å². The molecule has 1 aromatic carbocycles. The Bertz CT molecular complexity index is 496. The number of para-hydroxylation sites is 1. The van der Waals surface area contributed by atoms with Gasteiger partial charge in [0.15, 0.2) is 0 Å². The molecule has 1 saturated carbocycles. The predicted molar refractivity (Wildman–Crippen MR) is 93.2 cm³/mol. The predicted octanol–water partition coefficient (Wildman–Crippen LogP) is 4.39. The van der Waals surface area contributed by atoms with Crippen LogP contribution in [-0.4, -0.2) is 11.9 Å². The van der Waals surface area contributed by atoms with Gasteiger partial charge >= 0.3 is 0 Å². The van der Waals surface area contributed by atoms with Gasteiger partial charge in [-0.1, -0.05) is 52.3 Å². The maximum Gasteiger partial charge on any atom is 0.227 e. The smallest absolute Gasteiger partial charge is 0.227 e. The van der Waals surface area contributed by atoms with Gasteiger partial charge in [0, 0.05) is 17.6 Å². The molecule has 0 spiro atoms. The van der Waals surface area contributed by atoms with E-state index in [1.807, 2.05) is 0 Å². The second kappa shape index (κ2) is 7.28. The molecule has 22 heavy (non-hydrogen) atoms. The van der Waals surface area contributed by atoms with Gasteiger partial charge in [-0.15, -0.1) is 0 Å². The third kappa shape index (κ3) is 3.89. The molecule has 1 aliphatic carbocycles. The van der Waals surface area contributed by atoms with Crippen LogP contribution in [0, 0.1) is 5.92 Å². The normalized spacial score (nSPS) is 22.1. The summed E-state index contributed by atoms with van der Waals surface area (Å²) in [6.45, 7) is 8.69. The second-order valence-corrected chi connectivity index (χ2v) is 7.23. The van der Waals surface area contributed by atoms with E-state index in [9.17, 15) is 4.79 Å². The van der Waals surface area contributed by atoms with Crippen molar-refractivity contribution in [2.75, 3.05) is 5.32 Å². The van der Waals surface area contributed by atoms with Gasteiger partial charge in [0.05, 0.1) is 0 Å². The maximum absolute atomic E-state index is 12.7. The summed E-state index contributed by atoms with van der Waals surface area (Å²) < 4.78 is 0. The maximum atomic E-state index is 12.7. The van der Waals surface area contributed by atoms with Crippen molar-refractivity contribution in [3.05, 3.63) is 29.3 Å². The van der Waals surface area contributed by atoms with Gasteiger partial charge in [-0.2, -0.15) is 0 Å². The number of amides is 1. The van der Waals surface area contributed by atoms with Gasteiger partial charge < -0.3 is 11.1 Å². The summed E-state index contributed by atoms with van der Waals surface area (Å²) >= 11 is 0. The Balaban J connectivity index is 2.25. The van der Waals surface area contributed by atoms with Crippen LogP contribution in [0.15, 0.2) is 18.2 Å². The lowest BCUT2D eigenvalue weighted by Crippen LogP contribution is -2.34. The Hall–Kier alpha value is -1.35. The Kier molecular flexibility index (Phi) is 5.63. The van der Waals surface area contributed by atoms with Crippen LogP contribution in [0.3, 0.4) is 0 Å². The fourth-order valence-electron chi connectivity index (χ4n) is 3.39. The number of anilines is 1. The Labute approximate surface area is 134 Å². The molecule has 2 unspecified atom stereocenters. The number of carbonyl (C=O) groups is 1. The standard InChI is InChI=1S/C19H30N2O/c1-12(2)16-9-6-10-17(13(3)4)18(16)21-19(22)14-7-5-8-15(20)11-14/h6,9-10,12-15H,5,7-8,11,20H2,1-4H3,(H,21,22). The van der Waals surface area contributed by atoms with Crippen LogP contribution < -0.4 is 11.1 Å². The van der Waals surface area contributed by atoms with E-state index in [1.165, 1.54) is 11.1 Å². The van der Waals surface area contributed by atoms with E-state index in [0.29, 0.717) is 11.8 Å². The first-order valence-electron chi connectivity index (χ1n) is 8.59. The molecular weight excluding hydrogens is 272 g/mol. The van der Waals surface area contributed by atoms with Gasteiger partial charge in [-0.3, -0.25) is 4.79 Å². The van der Waals surface area contributed by atoms with Crippen molar-refractivity contribution < 1.29 is 4.79 Å². The average molecular weight is 302 g/mol. The second-order valence-electron chi connectivity index (χ2n) is 7.23. The van der Waals surface area contributed by atoms with Crippen molar-refractivity contribution in [1.29, 1.82) is 0 Å². The molecule has 122 valence electrons. The van der Waals surface area contributed by atoms with Crippen LogP contribution in [0.1, 0.15) is 76.3 Å². The minimum absolute atomic E-state index is 0.0592. The first kappa shape index (κ1) is 17.0. The molecule has 0 bridgehead atoms. The van der Waals surface area contributed by atoms with Crippen molar-refractivity contribution in [3.63, 3.8) is 0 Å². The van der Waals surface area contributed by atoms with Crippen molar-refractivity contribution in [1.82, 2.24) is 0 Å². The van der Waals surface area contributed by atoms with Crippen molar-refractivity contribution in [2.24, 2.45) is 11.7 Å². The first-order valence-corrected chi connectivity index (χ1v) is 8.59. The van der Waals surface area contributed by atoms with Gasteiger partial charge in [0.25, 0.3) is 0 Å². The summed E-state index contributed by atoms with van der Waals surface area (Å²) in [5.74, 6) is 0.986. The molecule has 3 heteroatoms. The molecule has 0 radical (unpaired) electrons. The van der Waals surface area contributed by atoms with E-state index in [2.05, 4.69) is 51.2 Å². The molecule has 2 rings (SSSR count). The van der Waals surface area contributed by atoms with Gasteiger partial charge in [-0.05, 0) is 42.2 Å². The largest absolute Gasteiger partial charge is 0.328 e. The monoisotopic (exact) mass is 302 g/mol. The minimum atomic E-state index is 0.0592. The van der Waals surface area contributed by atoms with E-state index in [0.717, 1.165) is 31.4 Å². The van der Waals surface area contributed by atoms with Gasteiger partial charge in [0.2, 0.25) is 5.91 Å². The summed E-state index contributed by atoms with van der Waals surface area (Å²) in [6.07, 6.45) is 3.87. The van der Waals surface area contributed by atoms with Crippen LogP contribution in [0.4, 0.5) is 5.69 Å². The third-order valence-corrected chi connectivity index (χ3v) is 4.71. The Morgan fingerprint density at radius 2 is 1.73 bits per heavy atom. The van der Waals surface area contributed by atoms with E-state index in [-0.39, 0.29) is 17.9 Å². The molecule has 1 aliphatic rings. The number of benzene rings is 1. The highest BCUT2D eigenvalue weighted by molar-refractivity contribution is 5.94. The molecule has 1 aromatic rings. The summed E-state index contributed by atoms with van der Waals surface area (Å²) in [5.41, 5.74) is 9.50. The molecule has 1 amide bonds. The molecule has 0 aromatic heterocycles. The molecule has 0 saturated heterocycles. The summed E-state index contributed by atoms with van der Waals surface area (Å²) in [7, 11) is 0. The molecular formula is C19H30N2O. The molecule has 3 N–H and O–H groups in total. The molecule has 2 atom stereocenters. The zero-order valence-corrected chi connectivity index (χ0v) is 14.4. The summed E-state index contributed by atoms with van der Waals surface area (Å²) in [4.78, 5) is 12.7. The van der Waals surface area contributed by atoms with E-state index in [4.69, 9.17) is 5.73 Å². The zero-order valence-electron chi connectivity index (χ0n) is 14.4. The fourth-order valence-corrected chi connectivity index (χ4v) is 3.39. The Morgan fingerprint density at radius 3 is 2.23 bits per heavy atom. The van der Waals surface area contributed by atoms with E-state index >= 15 is 0 Å². The van der Waals surface area contributed by atoms with Crippen molar-refractivity contribution >= 4 is 11.6 Å². The molecule has 3 nitrogen and oxygen atoms in total. The first-order chi connectivity index (χ1) is 10.4. The third-order valence-electron chi connectivity index (χ3n) is 4.71. The van der Waals surface area contributed by atoms with E-state index in [1.54, 1.807) is 0 Å². The minimum Gasteiger partial charge on any atom is -0.328 e. The van der Waals surface area contributed by atoms with Crippen LogP contribution in [0.5, 0.6) is 0 Å². The fraction of sp³-hybridized carbons (Fsp3) is 0.632. The number of nitrogens with one attached hydrogen (secondary N) is 1. The lowest BCUT2D eigenvalue weighted by atomic mass is 9.85. The summed E-state index contributed by atoms with van der Waals surface area (Å²) in [5, 5.41) is 3.24. The molecule has 0 heterocycles. The molecule has 1 fully saturated rings. The SMILES string of the molecule is CC(C)c1cccc(C(C)C)c1NC(=O)C1CCCC(N)C1. The topological polar surface area (TPSA) is 55.1 Å². The van der Waals surface area contributed by atoms with Gasteiger partial charge in [-0.25, -0.2) is 0 Å². The number of hydrogen-bond donors (Lipinski definition) is 2. The van der Waals surface area contributed by atoms with Crippen LogP contribution in [0.2, 0.25) is 0 Å². The lowest BCUT2D eigenvalue weighted by Gasteiger charge is -2.27. The zero-order chi connectivity index (χ0) is 16.3. The quantitative estimate of drug-likeness (QED) is 0.866. The van der Waals surface area contributed by atoms with E-state index < -0.39 is 0 Å². The van der Waals surface area contributed by atoms with Crippen LogP contribution in [-0.2, 0) is 4.79 Å². The average Bonchev–Trinajstić information content (AvgIpc) is 2.46. The Morgan fingerprint density at radius 1 is 1.14 bits per heavy atom. The van der Waals surface area contributed by atoms with Crippen molar-refractivity contribution in [3.8, 4) is 0 Å². The highest BCUT2D eigenvalue weighted by Crippen LogP contribution is 2.33. The number of nitrogens with two attached hydrogens (primary N) is 1. The van der Waals surface area contributed by atoms with Crippen molar-refractivity contribution in [2.45, 2.75) is 71.3 Å². The number of carbonyl (C=O) groups excluding carboxylic acids is 1. The number of rotatable bonds is 4. The molecule has 0 aliphatic heterocycles. The van der Waals surface area contributed by atoms with Crippen LogP contribution in [0.25, 0.3) is 0 Å². The summed E-state index contributed by atoms with van der Waals surface area (Å²) in [6, 6.07) is 6.52. The lowest BCUT2D eigenvalue weighted by molar-refractivity contribution is -0.120. The highest BCUT2D eigenvalue weighted by atomic mass is 16.1.